The van der Waals surface area contributed by atoms with Crippen molar-refractivity contribution in [3.05, 3.63) is 82.6 Å². The van der Waals surface area contributed by atoms with Crippen molar-refractivity contribution >= 4 is 41.1 Å². The third-order valence-electron chi connectivity index (χ3n) is 6.31. The summed E-state index contributed by atoms with van der Waals surface area (Å²) >= 11 is 6.28. The van der Waals surface area contributed by atoms with Crippen molar-refractivity contribution in [2.24, 2.45) is 0 Å². The van der Waals surface area contributed by atoms with Gasteiger partial charge in [0.1, 0.15) is 6.04 Å². The second-order valence-electron chi connectivity index (χ2n) is 8.67. The molecular formula is C25H23ClN6O4. The predicted octanol–water partition coefficient (Wildman–Crippen LogP) is 2.43. The number of anilines is 2. The number of nitrogen functional groups attached to an aromatic ring is 1. The fourth-order valence-electron chi connectivity index (χ4n) is 4.53. The number of nitrogens with two attached hydrogens (primary N) is 1. The summed E-state index contributed by atoms with van der Waals surface area (Å²) in [6.45, 7) is 1.07. The number of halogens is 1. The van der Waals surface area contributed by atoms with Crippen molar-refractivity contribution in [3.8, 4) is 0 Å². The highest BCUT2D eigenvalue weighted by Crippen LogP contribution is 2.44. The average molecular weight is 507 g/mol. The summed E-state index contributed by atoms with van der Waals surface area (Å²) in [4.78, 5) is 48.8. The summed E-state index contributed by atoms with van der Waals surface area (Å²) in [7, 11) is 0. The number of nitrogens with zero attached hydrogens (tertiary/aromatic N) is 3. The SMILES string of the molecule is Nc1ncc(C(=O)NC(Cc2ccccc2)C(=O)N2C(=O)OC3(CCNC3)c3cc(Cl)ccc32)cn1. The van der Waals surface area contributed by atoms with Crippen LogP contribution in [0.25, 0.3) is 0 Å². The fraction of sp³-hybridized carbons (Fsp3) is 0.240. The molecule has 0 bridgehead atoms. The average Bonchev–Trinajstić information content (AvgIpc) is 3.34. The first-order chi connectivity index (χ1) is 17.4. The summed E-state index contributed by atoms with van der Waals surface area (Å²) in [6.07, 6.45) is 2.42. The van der Waals surface area contributed by atoms with E-state index in [0.717, 1.165) is 10.5 Å². The van der Waals surface area contributed by atoms with Gasteiger partial charge in [-0.2, -0.15) is 0 Å². The molecule has 3 aromatic rings. The molecule has 1 aromatic heterocycles. The van der Waals surface area contributed by atoms with E-state index < -0.39 is 29.6 Å². The van der Waals surface area contributed by atoms with Crippen LogP contribution in [0.2, 0.25) is 5.02 Å². The summed E-state index contributed by atoms with van der Waals surface area (Å²) < 4.78 is 5.85. The van der Waals surface area contributed by atoms with Gasteiger partial charge in [0.25, 0.3) is 11.8 Å². The number of hydrogen-bond donors (Lipinski definition) is 3. The molecule has 0 aliphatic carbocycles. The van der Waals surface area contributed by atoms with Crippen LogP contribution in [0.3, 0.4) is 0 Å². The standard InChI is InChI=1S/C25H23ClN6O4/c26-17-6-7-20-18(11-17)25(8-9-28-14-25)36-24(35)32(20)22(34)19(10-15-4-2-1-3-5-15)31-21(33)16-12-29-23(27)30-13-16/h1-7,11-13,19,28H,8-10,14H2,(H,31,33)(H2,27,29,30). The molecule has 0 saturated carbocycles. The Morgan fingerprint density at radius 3 is 2.64 bits per heavy atom. The lowest BCUT2D eigenvalue weighted by atomic mass is 9.89. The summed E-state index contributed by atoms with van der Waals surface area (Å²) in [5, 5.41) is 6.40. The molecule has 10 nitrogen and oxygen atoms in total. The van der Waals surface area contributed by atoms with Crippen molar-refractivity contribution in [3.63, 3.8) is 0 Å². The van der Waals surface area contributed by atoms with Crippen LogP contribution >= 0.6 is 11.6 Å². The number of hydrogen-bond acceptors (Lipinski definition) is 8. The second kappa shape index (κ2) is 9.56. The molecule has 1 spiro atoms. The maximum Gasteiger partial charge on any atom is 0.422 e. The van der Waals surface area contributed by atoms with Gasteiger partial charge in [0, 0.05) is 42.4 Å². The molecule has 2 aromatic carbocycles. The van der Waals surface area contributed by atoms with Crippen molar-refractivity contribution in [2.75, 3.05) is 23.7 Å². The van der Waals surface area contributed by atoms with Crippen molar-refractivity contribution in [1.82, 2.24) is 20.6 Å². The second-order valence-corrected chi connectivity index (χ2v) is 9.11. The van der Waals surface area contributed by atoms with E-state index in [1.54, 1.807) is 18.2 Å². The maximum absolute atomic E-state index is 13.9. The lowest BCUT2D eigenvalue weighted by Crippen LogP contribution is -2.56. The van der Waals surface area contributed by atoms with E-state index in [0.29, 0.717) is 35.8 Å². The lowest BCUT2D eigenvalue weighted by molar-refractivity contribution is -0.120. The minimum absolute atomic E-state index is 0.0186. The maximum atomic E-state index is 13.9. The van der Waals surface area contributed by atoms with Crippen LogP contribution in [0, 0.1) is 0 Å². The first-order valence-electron chi connectivity index (χ1n) is 11.4. The Labute approximate surface area is 211 Å². The van der Waals surface area contributed by atoms with Gasteiger partial charge >= 0.3 is 6.09 Å². The lowest BCUT2D eigenvalue weighted by Gasteiger charge is -2.40. The zero-order valence-electron chi connectivity index (χ0n) is 19.1. The van der Waals surface area contributed by atoms with Crippen LogP contribution in [0.5, 0.6) is 0 Å². The fourth-order valence-corrected chi connectivity index (χ4v) is 4.70. The molecule has 184 valence electrons. The summed E-state index contributed by atoms with van der Waals surface area (Å²) in [5.41, 5.74) is 6.55. The van der Waals surface area contributed by atoms with Gasteiger partial charge in [0.2, 0.25) is 5.95 Å². The number of fused-ring (bicyclic) bond motifs is 2. The van der Waals surface area contributed by atoms with Crippen LogP contribution < -0.4 is 21.3 Å². The van der Waals surface area contributed by atoms with Crippen molar-refractivity contribution < 1.29 is 19.1 Å². The van der Waals surface area contributed by atoms with Gasteiger partial charge in [0.05, 0.1) is 11.3 Å². The summed E-state index contributed by atoms with van der Waals surface area (Å²) in [6, 6.07) is 13.0. The minimum Gasteiger partial charge on any atom is -0.436 e. The van der Waals surface area contributed by atoms with E-state index >= 15 is 0 Å². The Bertz CT molecular complexity index is 1310. The molecule has 1 fully saturated rings. The summed E-state index contributed by atoms with van der Waals surface area (Å²) in [5.74, 6) is -1.20. The van der Waals surface area contributed by atoms with Crippen LogP contribution in [0.4, 0.5) is 16.4 Å². The highest BCUT2D eigenvalue weighted by molar-refractivity contribution is 6.31. The quantitative estimate of drug-likeness (QED) is 0.479. The topological polar surface area (TPSA) is 140 Å². The number of imide groups is 1. The molecule has 3 heterocycles. The Morgan fingerprint density at radius 1 is 1.19 bits per heavy atom. The van der Waals surface area contributed by atoms with Gasteiger partial charge in [0.15, 0.2) is 5.60 Å². The molecule has 2 aliphatic rings. The Kier molecular flexibility index (Phi) is 6.29. The molecule has 36 heavy (non-hydrogen) atoms. The van der Waals surface area contributed by atoms with E-state index in [1.807, 2.05) is 30.3 Å². The van der Waals surface area contributed by atoms with E-state index in [-0.39, 0.29) is 17.9 Å². The van der Waals surface area contributed by atoms with E-state index in [4.69, 9.17) is 22.1 Å². The number of rotatable bonds is 5. The molecular weight excluding hydrogens is 484 g/mol. The molecule has 11 heteroatoms. The Morgan fingerprint density at radius 2 is 1.94 bits per heavy atom. The largest absolute Gasteiger partial charge is 0.436 e. The van der Waals surface area contributed by atoms with Gasteiger partial charge in [-0.25, -0.2) is 19.7 Å². The van der Waals surface area contributed by atoms with Crippen LogP contribution in [0.1, 0.15) is 27.9 Å². The third-order valence-corrected chi connectivity index (χ3v) is 6.55. The van der Waals surface area contributed by atoms with Gasteiger partial charge in [-0.1, -0.05) is 41.9 Å². The Hall–Kier alpha value is -4.02. The number of carbonyl (C=O) groups excluding carboxylic acids is 3. The third kappa shape index (κ3) is 4.48. The molecule has 0 radical (unpaired) electrons. The van der Waals surface area contributed by atoms with Crippen LogP contribution in [-0.4, -0.2) is 47.0 Å². The number of aromatic nitrogens is 2. The van der Waals surface area contributed by atoms with E-state index in [1.165, 1.54) is 12.4 Å². The molecule has 1 saturated heterocycles. The van der Waals surface area contributed by atoms with Crippen LogP contribution in [0.15, 0.2) is 60.9 Å². The number of amides is 3. The molecule has 2 aliphatic heterocycles. The highest BCUT2D eigenvalue weighted by Gasteiger charge is 2.49. The van der Waals surface area contributed by atoms with Gasteiger partial charge in [-0.15, -0.1) is 0 Å². The molecule has 4 N–H and O–H groups in total. The normalized spacial score (nSPS) is 19.5. The molecule has 2 unspecified atom stereocenters. The van der Waals surface area contributed by atoms with Crippen molar-refractivity contribution in [1.29, 1.82) is 0 Å². The van der Waals surface area contributed by atoms with Gasteiger partial charge < -0.3 is 21.1 Å². The smallest absolute Gasteiger partial charge is 0.422 e. The number of benzene rings is 2. The predicted molar refractivity (Wildman–Crippen MR) is 132 cm³/mol. The van der Waals surface area contributed by atoms with Crippen LogP contribution in [-0.2, 0) is 21.6 Å². The van der Waals surface area contributed by atoms with E-state index in [9.17, 15) is 14.4 Å². The highest BCUT2D eigenvalue weighted by atomic mass is 35.5. The van der Waals surface area contributed by atoms with Gasteiger partial charge in [-0.05, 0) is 30.3 Å². The molecule has 2 atom stereocenters. The first-order valence-corrected chi connectivity index (χ1v) is 11.7. The number of nitrogens with one attached hydrogen (secondary N) is 2. The zero-order valence-corrected chi connectivity index (χ0v) is 19.9. The first kappa shape index (κ1) is 23.7. The minimum atomic E-state index is -1.09. The number of ether oxygens (including phenoxy) is 1. The molecule has 3 amide bonds. The van der Waals surface area contributed by atoms with Gasteiger partial charge in [-0.3, -0.25) is 9.59 Å². The molecule has 5 rings (SSSR count). The Balaban J connectivity index is 1.51. The van der Waals surface area contributed by atoms with E-state index in [2.05, 4.69) is 20.6 Å². The zero-order chi connectivity index (χ0) is 25.3. The van der Waals surface area contributed by atoms with Crippen molar-refractivity contribution in [2.45, 2.75) is 24.5 Å². The monoisotopic (exact) mass is 506 g/mol. The number of carbonyl (C=O) groups is 3.